The van der Waals surface area contributed by atoms with Crippen molar-refractivity contribution in [2.75, 3.05) is 11.9 Å². The second kappa shape index (κ2) is 5.53. The third-order valence-corrected chi connectivity index (χ3v) is 8.66. The molecule has 1 nitrogen and oxygen atoms in total. The number of hydrogen-bond donors (Lipinski definition) is 0. The summed E-state index contributed by atoms with van der Waals surface area (Å²) in [4.78, 5) is 2.38. The molecule has 4 fully saturated rings. The van der Waals surface area contributed by atoms with Gasteiger partial charge in [-0.2, -0.15) is 0 Å². The van der Waals surface area contributed by atoms with E-state index in [1.54, 1.807) is 5.56 Å². The Balaban J connectivity index is 1.36. The summed E-state index contributed by atoms with van der Waals surface area (Å²) in [5.41, 5.74) is 7.42. The average molecular weight is 378 g/mol. The number of fused-ring (bicyclic) bond motifs is 4. The smallest absolute Gasteiger partial charge is 0.0488 e. The van der Waals surface area contributed by atoms with E-state index in [1.807, 2.05) is 0 Å². The first kappa shape index (κ1) is 16.3. The molecule has 5 aliphatic rings. The van der Waals surface area contributed by atoms with Crippen LogP contribution < -0.4 is 4.90 Å². The molecule has 0 spiro atoms. The molecule has 3 aromatic rings. The van der Waals surface area contributed by atoms with E-state index < -0.39 is 0 Å². The molecule has 29 heavy (non-hydrogen) atoms. The highest BCUT2D eigenvalue weighted by molar-refractivity contribution is 6.01. The third-order valence-electron chi connectivity index (χ3n) is 8.66. The zero-order chi connectivity index (χ0) is 19.2. The number of hydrogen-bond acceptors (Lipinski definition) is 1. The minimum absolute atomic E-state index is 0.476. The van der Waals surface area contributed by atoms with Crippen LogP contribution in [0.2, 0.25) is 0 Å². The topological polar surface area (TPSA) is 3.24 Å². The molecule has 4 saturated carbocycles. The Labute approximate surface area is 173 Å². The fourth-order valence-corrected chi connectivity index (χ4v) is 7.54. The maximum atomic E-state index is 2.53. The molecular formula is C28H27N. The molecule has 3 aromatic carbocycles. The largest absolute Gasteiger partial charge is 0.344 e. The van der Waals surface area contributed by atoms with Gasteiger partial charge in [0.25, 0.3) is 0 Å². The van der Waals surface area contributed by atoms with Crippen LogP contribution in [0.4, 0.5) is 11.4 Å². The number of nitrogens with zero attached hydrogens (tertiary/aromatic N) is 1. The second-order valence-electron chi connectivity index (χ2n) is 10.1. The van der Waals surface area contributed by atoms with Crippen molar-refractivity contribution >= 4 is 34.3 Å². The van der Waals surface area contributed by atoms with Crippen molar-refractivity contribution in [1.82, 2.24) is 0 Å². The molecular weight excluding hydrogens is 350 g/mol. The standard InChI is InChI=1S/C28H27N/c1-29-26-11-8-23(28-15-18-12-21(16-28)22(13-18)17-28)14-20(26)6-9-25-24-5-3-2-4-19(24)7-10-27(25)29/h2-11,14,18,21-22H,12-13,15-17H2,1H3. The maximum absolute atomic E-state index is 2.53. The summed E-state index contributed by atoms with van der Waals surface area (Å²) in [5, 5.41) is 2.65. The van der Waals surface area contributed by atoms with Gasteiger partial charge in [-0.15, -0.1) is 0 Å². The van der Waals surface area contributed by atoms with Crippen LogP contribution in [0.3, 0.4) is 0 Å². The Morgan fingerprint density at radius 2 is 1.62 bits per heavy atom. The number of anilines is 2. The molecule has 4 aliphatic carbocycles. The summed E-state index contributed by atoms with van der Waals surface area (Å²) in [5.74, 6) is 3.03. The maximum Gasteiger partial charge on any atom is 0.0488 e. The Hall–Kier alpha value is -2.54. The van der Waals surface area contributed by atoms with E-state index >= 15 is 0 Å². The Bertz CT molecular complexity index is 1170. The van der Waals surface area contributed by atoms with Crippen LogP contribution in [-0.4, -0.2) is 7.05 Å². The van der Waals surface area contributed by atoms with Gasteiger partial charge in [0, 0.05) is 24.0 Å². The van der Waals surface area contributed by atoms with E-state index in [0.29, 0.717) is 5.41 Å². The fourth-order valence-electron chi connectivity index (χ4n) is 7.54. The minimum atomic E-state index is 0.476. The highest BCUT2D eigenvalue weighted by atomic mass is 15.1. The highest BCUT2D eigenvalue weighted by Gasteiger charge is 2.56. The first-order chi connectivity index (χ1) is 14.2. The molecule has 0 N–H and O–H groups in total. The van der Waals surface area contributed by atoms with Crippen LogP contribution in [0, 0.1) is 17.8 Å². The summed E-state index contributed by atoms with van der Waals surface area (Å²) < 4.78 is 0. The minimum Gasteiger partial charge on any atom is -0.344 e. The monoisotopic (exact) mass is 377 g/mol. The van der Waals surface area contributed by atoms with Crippen molar-refractivity contribution < 1.29 is 0 Å². The summed E-state index contributed by atoms with van der Waals surface area (Å²) in [6.07, 6.45) is 12.1. The summed E-state index contributed by atoms with van der Waals surface area (Å²) in [7, 11) is 2.22. The first-order valence-electron chi connectivity index (χ1n) is 11.3. The lowest BCUT2D eigenvalue weighted by Gasteiger charge is -2.39. The van der Waals surface area contributed by atoms with Gasteiger partial charge in [-0.05, 0) is 95.4 Å². The van der Waals surface area contributed by atoms with E-state index in [-0.39, 0.29) is 0 Å². The molecule has 144 valence electrons. The predicted octanol–water partition coefficient (Wildman–Crippen LogP) is 7.17. The molecule has 1 heterocycles. The van der Waals surface area contributed by atoms with Crippen LogP contribution >= 0.6 is 0 Å². The second-order valence-corrected chi connectivity index (χ2v) is 10.1. The Morgan fingerprint density at radius 3 is 2.45 bits per heavy atom. The van der Waals surface area contributed by atoms with Gasteiger partial charge in [0.1, 0.15) is 0 Å². The van der Waals surface area contributed by atoms with E-state index in [0.717, 1.165) is 17.8 Å². The molecule has 0 saturated heterocycles. The van der Waals surface area contributed by atoms with Gasteiger partial charge in [-0.3, -0.25) is 0 Å². The lowest BCUT2D eigenvalue weighted by molar-refractivity contribution is 0.229. The van der Waals surface area contributed by atoms with Gasteiger partial charge in [0.05, 0.1) is 0 Å². The van der Waals surface area contributed by atoms with Crippen molar-refractivity contribution in [3.63, 3.8) is 0 Å². The van der Waals surface area contributed by atoms with Crippen molar-refractivity contribution in [1.29, 1.82) is 0 Å². The van der Waals surface area contributed by atoms with Crippen LogP contribution in [-0.2, 0) is 5.41 Å². The molecule has 0 radical (unpaired) electrons. The molecule has 8 rings (SSSR count). The SMILES string of the molecule is CN1c2ccc(C34CC5CC(C3)C(C5)C4)cc2C=Cc2c1ccc1ccccc21. The van der Waals surface area contributed by atoms with Crippen LogP contribution in [0.5, 0.6) is 0 Å². The quantitative estimate of drug-likeness (QED) is 0.434. The van der Waals surface area contributed by atoms with Crippen LogP contribution in [0.15, 0.2) is 54.6 Å². The van der Waals surface area contributed by atoms with E-state index in [4.69, 9.17) is 0 Å². The van der Waals surface area contributed by atoms with Gasteiger partial charge in [0.2, 0.25) is 0 Å². The van der Waals surface area contributed by atoms with Gasteiger partial charge in [-0.1, -0.05) is 48.6 Å². The molecule has 2 atom stereocenters. The fraction of sp³-hybridized carbons (Fsp3) is 0.357. The summed E-state index contributed by atoms with van der Waals surface area (Å²) in [6.45, 7) is 0. The zero-order valence-electron chi connectivity index (χ0n) is 17.1. The van der Waals surface area contributed by atoms with E-state index in [9.17, 15) is 0 Å². The lowest BCUT2D eigenvalue weighted by atomic mass is 9.65. The third kappa shape index (κ3) is 2.16. The van der Waals surface area contributed by atoms with Gasteiger partial charge in [-0.25, -0.2) is 0 Å². The lowest BCUT2D eigenvalue weighted by Crippen LogP contribution is -2.31. The molecule has 0 aromatic heterocycles. The molecule has 1 heteroatoms. The van der Waals surface area contributed by atoms with E-state index in [1.165, 1.54) is 65.4 Å². The van der Waals surface area contributed by atoms with Gasteiger partial charge >= 0.3 is 0 Å². The summed E-state index contributed by atoms with van der Waals surface area (Å²) >= 11 is 0. The van der Waals surface area contributed by atoms with Crippen LogP contribution in [0.1, 0.15) is 48.8 Å². The van der Waals surface area contributed by atoms with Crippen molar-refractivity contribution in [3.8, 4) is 0 Å². The first-order valence-corrected chi connectivity index (χ1v) is 11.3. The van der Waals surface area contributed by atoms with Gasteiger partial charge < -0.3 is 4.90 Å². The Morgan fingerprint density at radius 1 is 0.828 bits per heavy atom. The average Bonchev–Trinajstić information content (AvgIpc) is 3.11. The molecule has 2 unspecified atom stereocenters. The highest BCUT2D eigenvalue weighted by Crippen LogP contribution is 2.65. The van der Waals surface area contributed by atoms with Crippen molar-refractivity contribution in [3.05, 3.63) is 71.3 Å². The van der Waals surface area contributed by atoms with Crippen molar-refractivity contribution in [2.45, 2.75) is 37.5 Å². The van der Waals surface area contributed by atoms with Crippen molar-refractivity contribution in [2.24, 2.45) is 17.8 Å². The van der Waals surface area contributed by atoms with Gasteiger partial charge in [0.15, 0.2) is 0 Å². The number of rotatable bonds is 1. The Kier molecular flexibility index (Phi) is 3.11. The molecule has 4 bridgehead atoms. The van der Waals surface area contributed by atoms with E-state index in [2.05, 4.69) is 78.7 Å². The van der Waals surface area contributed by atoms with Crippen LogP contribution in [0.25, 0.3) is 22.9 Å². The summed E-state index contributed by atoms with van der Waals surface area (Å²) in [6, 6.07) is 20.7. The molecule has 1 aliphatic heterocycles. The zero-order valence-corrected chi connectivity index (χ0v) is 17.1. The molecule has 0 amide bonds. The predicted molar refractivity (Wildman–Crippen MR) is 123 cm³/mol. The normalized spacial score (nSPS) is 31.2. The number of benzene rings is 3.